The summed E-state index contributed by atoms with van der Waals surface area (Å²) < 4.78 is 0. The summed E-state index contributed by atoms with van der Waals surface area (Å²) in [6.45, 7) is 1.40. The van der Waals surface area contributed by atoms with Gasteiger partial charge in [-0.1, -0.05) is 0 Å². The summed E-state index contributed by atoms with van der Waals surface area (Å²) in [4.78, 5) is 31.4. The van der Waals surface area contributed by atoms with E-state index in [0.29, 0.717) is 17.1 Å². The maximum atomic E-state index is 11.7. The first-order valence-electron chi connectivity index (χ1n) is 7.83. The molecule has 2 aromatic heterocycles. The van der Waals surface area contributed by atoms with Gasteiger partial charge >= 0.3 is 5.97 Å². The number of nitrogens with one attached hydrogen (secondary N) is 1. The van der Waals surface area contributed by atoms with E-state index in [0.717, 1.165) is 24.3 Å². The minimum absolute atomic E-state index is 0.0753. The molecular weight excluding hydrogens is 326 g/mol. The van der Waals surface area contributed by atoms with Crippen LogP contribution in [0.25, 0.3) is 0 Å². The number of nitrogens with zero attached hydrogens (tertiary/aromatic N) is 2. The molecule has 1 fully saturated rings. The Morgan fingerprint density at radius 2 is 2.25 bits per heavy atom. The largest absolute Gasteiger partial charge is 0.478 e. The van der Waals surface area contributed by atoms with Gasteiger partial charge in [0.2, 0.25) is 0 Å². The number of thiophene rings is 1. The molecule has 0 saturated carbocycles. The van der Waals surface area contributed by atoms with Gasteiger partial charge in [0.1, 0.15) is 0 Å². The molecule has 1 atom stereocenters. The van der Waals surface area contributed by atoms with Crippen LogP contribution in [-0.4, -0.2) is 40.5 Å². The second-order valence-corrected chi connectivity index (χ2v) is 6.83. The lowest BCUT2D eigenvalue weighted by Crippen LogP contribution is -2.24. The van der Waals surface area contributed by atoms with E-state index in [9.17, 15) is 14.7 Å². The number of aromatic nitrogens is 1. The molecule has 1 saturated heterocycles. The number of carboxylic acids is 1. The van der Waals surface area contributed by atoms with Crippen LogP contribution in [0.2, 0.25) is 0 Å². The van der Waals surface area contributed by atoms with E-state index >= 15 is 0 Å². The van der Waals surface area contributed by atoms with Gasteiger partial charge in [0.05, 0.1) is 16.1 Å². The lowest BCUT2D eigenvalue weighted by molar-refractivity contribution is 0.0693. The highest BCUT2D eigenvalue weighted by molar-refractivity contribution is 7.14. The van der Waals surface area contributed by atoms with E-state index < -0.39 is 5.97 Å². The summed E-state index contributed by atoms with van der Waals surface area (Å²) in [5.41, 5.74) is 0.834. The smallest absolute Gasteiger partial charge is 0.337 e. The van der Waals surface area contributed by atoms with Crippen LogP contribution in [0.5, 0.6) is 0 Å². The van der Waals surface area contributed by atoms with Crippen molar-refractivity contribution in [1.82, 2.24) is 15.2 Å². The molecule has 7 heteroatoms. The van der Waals surface area contributed by atoms with E-state index in [1.54, 1.807) is 25.4 Å². The van der Waals surface area contributed by atoms with Gasteiger partial charge in [0.25, 0.3) is 5.91 Å². The predicted molar refractivity (Wildman–Crippen MR) is 91.3 cm³/mol. The molecule has 0 bridgehead atoms. The van der Waals surface area contributed by atoms with E-state index in [1.165, 1.54) is 11.3 Å². The zero-order chi connectivity index (χ0) is 17.1. The Balaban J connectivity index is 1.80. The van der Waals surface area contributed by atoms with Crippen molar-refractivity contribution < 1.29 is 14.7 Å². The first kappa shape index (κ1) is 16.6. The van der Waals surface area contributed by atoms with Crippen molar-refractivity contribution in [2.24, 2.45) is 0 Å². The highest BCUT2D eigenvalue weighted by Gasteiger charge is 2.29. The SMILES string of the molecule is CNC(=O)c1ccc(C2CCCN2Cc2ncccc2C(=O)O)s1. The topological polar surface area (TPSA) is 82.5 Å². The van der Waals surface area contributed by atoms with Crippen LogP contribution < -0.4 is 5.32 Å². The van der Waals surface area contributed by atoms with E-state index in [-0.39, 0.29) is 17.5 Å². The Bertz CT molecular complexity index is 759. The second-order valence-electron chi connectivity index (χ2n) is 5.71. The summed E-state index contributed by atoms with van der Waals surface area (Å²) in [5, 5.41) is 12.0. The molecule has 1 amide bonds. The molecule has 2 aromatic rings. The third-order valence-corrected chi connectivity index (χ3v) is 5.43. The summed E-state index contributed by atoms with van der Waals surface area (Å²) in [5.74, 6) is -1.03. The van der Waals surface area contributed by atoms with Crippen molar-refractivity contribution in [3.8, 4) is 0 Å². The first-order valence-corrected chi connectivity index (χ1v) is 8.65. The van der Waals surface area contributed by atoms with Crippen molar-refractivity contribution in [3.63, 3.8) is 0 Å². The normalized spacial score (nSPS) is 17.8. The summed E-state index contributed by atoms with van der Waals surface area (Å²) in [7, 11) is 1.62. The van der Waals surface area contributed by atoms with Crippen LogP contribution in [0.1, 0.15) is 49.5 Å². The van der Waals surface area contributed by atoms with Crippen LogP contribution in [0.3, 0.4) is 0 Å². The fourth-order valence-electron chi connectivity index (χ4n) is 3.07. The number of hydrogen-bond donors (Lipinski definition) is 2. The minimum Gasteiger partial charge on any atom is -0.478 e. The van der Waals surface area contributed by atoms with E-state index in [2.05, 4.69) is 15.2 Å². The van der Waals surface area contributed by atoms with Crippen LogP contribution >= 0.6 is 11.3 Å². The van der Waals surface area contributed by atoms with Gasteiger partial charge in [-0.25, -0.2) is 4.79 Å². The Morgan fingerprint density at radius 3 is 3.00 bits per heavy atom. The maximum Gasteiger partial charge on any atom is 0.337 e. The Labute approximate surface area is 144 Å². The summed E-state index contributed by atoms with van der Waals surface area (Å²) in [6, 6.07) is 7.28. The lowest BCUT2D eigenvalue weighted by Gasteiger charge is -2.23. The van der Waals surface area contributed by atoms with Gasteiger partial charge < -0.3 is 10.4 Å². The van der Waals surface area contributed by atoms with Crippen LogP contribution in [0.4, 0.5) is 0 Å². The summed E-state index contributed by atoms with van der Waals surface area (Å²) >= 11 is 1.50. The van der Waals surface area contributed by atoms with E-state index in [1.807, 2.05) is 12.1 Å². The standard InChI is InChI=1S/C17H19N3O3S/c1-18-16(21)15-7-6-14(24-15)13-5-3-9-20(13)10-12-11(17(22)23)4-2-8-19-12/h2,4,6-8,13H,3,5,9-10H2,1H3,(H,18,21)(H,22,23). The van der Waals surface area contributed by atoms with Gasteiger partial charge in [0, 0.05) is 30.7 Å². The number of likely N-dealkylation sites (tertiary alicyclic amines) is 1. The summed E-state index contributed by atoms with van der Waals surface area (Å²) in [6.07, 6.45) is 3.68. The third-order valence-electron chi connectivity index (χ3n) is 4.24. The van der Waals surface area contributed by atoms with Crippen molar-refractivity contribution in [1.29, 1.82) is 0 Å². The number of carbonyl (C=O) groups excluding carboxylic acids is 1. The van der Waals surface area contributed by atoms with Crippen molar-refractivity contribution in [2.75, 3.05) is 13.6 Å². The minimum atomic E-state index is -0.952. The number of aromatic carboxylic acids is 1. The molecule has 0 radical (unpaired) electrons. The number of carboxylic acid groups (broad SMARTS) is 1. The fourth-order valence-corrected chi connectivity index (χ4v) is 4.19. The number of hydrogen-bond acceptors (Lipinski definition) is 5. The first-order chi connectivity index (χ1) is 11.6. The molecule has 1 aliphatic heterocycles. The third kappa shape index (κ3) is 3.32. The zero-order valence-corrected chi connectivity index (χ0v) is 14.2. The molecule has 1 unspecified atom stereocenters. The molecule has 0 spiro atoms. The van der Waals surface area contributed by atoms with Crippen molar-refractivity contribution >= 4 is 23.2 Å². The van der Waals surface area contributed by atoms with Gasteiger partial charge in [-0.15, -0.1) is 11.3 Å². The monoisotopic (exact) mass is 345 g/mol. The molecule has 0 aliphatic carbocycles. The highest BCUT2D eigenvalue weighted by atomic mass is 32.1. The Hall–Kier alpha value is -2.25. The highest BCUT2D eigenvalue weighted by Crippen LogP contribution is 2.36. The van der Waals surface area contributed by atoms with Crippen LogP contribution in [-0.2, 0) is 6.54 Å². The molecule has 0 aromatic carbocycles. The molecule has 3 rings (SSSR count). The molecule has 126 valence electrons. The van der Waals surface area contributed by atoms with Gasteiger partial charge in [0.15, 0.2) is 0 Å². The Morgan fingerprint density at radius 1 is 1.42 bits per heavy atom. The zero-order valence-electron chi connectivity index (χ0n) is 13.4. The van der Waals surface area contributed by atoms with Crippen LogP contribution in [0.15, 0.2) is 30.5 Å². The fraction of sp³-hybridized carbons (Fsp3) is 0.353. The Kier molecular flexibility index (Phi) is 4.92. The average Bonchev–Trinajstić information content (AvgIpc) is 3.23. The van der Waals surface area contributed by atoms with Gasteiger partial charge in [-0.3, -0.25) is 14.7 Å². The number of amides is 1. The van der Waals surface area contributed by atoms with E-state index in [4.69, 9.17) is 0 Å². The molecule has 3 heterocycles. The molecule has 2 N–H and O–H groups in total. The number of rotatable bonds is 5. The predicted octanol–water partition coefficient (Wildman–Crippen LogP) is 2.54. The second kappa shape index (κ2) is 7.11. The average molecular weight is 345 g/mol. The van der Waals surface area contributed by atoms with Crippen molar-refractivity contribution in [2.45, 2.75) is 25.4 Å². The number of pyridine rings is 1. The van der Waals surface area contributed by atoms with Crippen molar-refractivity contribution in [3.05, 3.63) is 51.5 Å². The quantitative estimate of drug-likeness (QED) is 0.870. The molecule has 1 aliphatic rings. The molecular formula is C17H19N3O3S. The number of carbonyl (C=O) groups is 2. The molecule has 24 heavy (non-hydrogen) atoms. The van der Waals surface area contributed by atoms with Gasteiger partial charge in [-0.2, -0.15) is 0 Å². The molecule has 6 nitrogen and oxygen atoms in total. The maximum absolute atomic E-state index is 11.7. The lowest BCUT2D eigenvalue weighted by atomic mass is 10.1. The van der Waals surface area contributed by atoms with Gasteiger partial charge in [-0.05, 0) is 43.7 Å². The van der Waals surface area contributed by atoms with Crippen LogP contribution in [0, 0.1) is 0 Å².